The van der Waals surface area contributed by atoms with Crippen LogP contribution in [0.5, 0.6) is 0 Å². The minimum atomic E-state index is -0.776. The summed E-state index contributed by atoms with van der Waals surface area (Å²) in [5.74, 6) is -0.186. The molecule has 0 radical (unpaired) electrons. The molecule has 1 aromatic heterocycles. The second-order valence-corrected chi connectivity index (χ2v) is 6.70. The first-order chi connectivity index (χ1) is 11.5. The van der Waals surface area contributed by atoms with Gasteiger partial charge in [0.15, 0.2) is 5.76 Å². The first kappa shape index (κ1) is 16.6. The quantitative estimate of drug-likeness (QED) is 0.927. The number of carbonyl (C=O) groups excluding carboxylic acids is 1. The van der Waals surface area contributed by atoms with Crippen LogP contribution in [0.2, 0.25) is 0 Å². The number of aliphatic carboxylic acids is 1. The normalized spacial score (nSPS) is 18.1. The van der Waals surface area contributed by atoms with Gasteiger partial charge in [0.05, 0.1) is 0 Å². The maximum atomic E-state index is 12.9. The number of rotatable bonds is 4. The van der Waals surface area contributed by atoms with Crippen molar-refractivity contribution in [2.75, 3.05) is 13.1 Å². The Morgan fingerprint density at radius 2 is 2.12 bits per heavy atom. The van der Waals surface area contributed by atoms with E-state index in [1.54, 1.807) is 0 Å². The average Bonchev–Trinajstić information content (AvgIpc) is 2.91. The number of piperidine rings is 1. The van der Waals surface area contributed by atoms with Crippen LogP contribution in [0.3, 0.4) is 0 Å². The number of para-hydroxylation sites is 1. The van der Waals surface area contributed by atoms with Crippen LogP contribution < -0.4 is 0 Å². The fourth-order valence-corrected chi connectivity index (χ4v) is 3.54. The molecule has 0 unspecified atom stereocenters. The zero-order valence-electron chi connectivity index (χ0n) is 14.2. The number of amides is 1. The summed E-state index contributed by atoms with van der Waals surface area (Å²) in [5.41, 5.74) is 2.68. The summed E-state index contributed by atoms with van der Waals surface area (Å²) in [6.07, 6.45) is 2.68. The van der Waals surface area contributed by atoms with E-state index in [-0.39, 0.29) is 18.2 Å². The highest BCUT2D eigenvalue weighted by Gasteiger charge is 2.28. The Balaban J connectivity index is 1.80. The van der Waals surface area contributed by atoms with Crippen LogP contribution in [-0.2, 0) is 4.79 Å². The Morgan fingerprint density at radius 1 is 1.33 bits per heavy atom. The number of aryl methyl sites for hydroxylation is 2. The van der Waals surface area contributed by atoms with Crippen molar-refractivity contribution in [1.29, 1.82) is 0 Å². The fourth-order valence-electron chi connectivity index (χ4n) is 3.54. The van der Waals surface area contributed by atoms with E-state index in [2.05, 4.69) is 0 Å². The third-order valence-electron chi connectivity index (χ3n) is 4.93. The van der Waals surface area contributed by atoms with Crippen molar-refractivity contribution in [2.45, 2.75) is 39.5 Å². The first-order valence-electron chi connectivity index (χ1n) is 8.47. The van der Waals surface area contributed by atoms with Crippen molar-refractivity contribution in [1.82, 2.24) is 4.90 Å². The predicted octanol–water partition coefficient (Wildman–Crippen LogP) is 3.77. The number of benzene rings is 1. The number of hydrogen-bond donors (Lipinski definition) is 1. The summed E-state index contributed by atoms with van der Waals surface area (Å²) in [6, 6.07) is 5.92. The van der Waals surface area contributed by atoms with Crippen LogP contribution in [0.25, 0.3) is 11.0 Å². The SMILES string of the molecule is Cc1c(C(=O)N2CCC[C@H](CCC(=O)O)C2)oc2c(C)cccc12. The molecule has 5 heteroatoms. The van der Waals surface area contributed by atoms with E-state index in [4.69, 9.17) is 9.52 Å². The van der Waals surface area contributed by atoms with Gasteiger partial charge in [0.1, 0.15) is 5.58 Å². The fraction of sp³-hybridized carbons (Fsp3) is 0.474. The zero-order valence-corrected chi connectivity index (χ0v) is 14.2. The predicted molar refractivity (Wildman–Crippen MR) is 91.2 cm³/mol. The van der Waals surface area contributed by atoms with Crippen molar-refractivity contribution in [3.05, 3.63) is 35.1 Å². The molecule has 0 bridgehead atoms. The second kappa shape index (κ2) is 6.67. The van der Waals surface area contributed by atoms with E-state index in [0.29, 0.717) is 25.3 Å². The first-order valence-corrected chi connectivity index (χ1v) is 8.47. The van der Waals surface area contributed by atoms with E-state index in [9.17, 15) is 9.59 Å². The molecule has 1 aliphatic rings. The van der Waals surface area contributed by atoms with E-state index in [1.807, 2.05) is 36.9 Å². The van der Waals surface area contributed by atoms with Crippen molar-refractivity contribution in [3.63, 3.8) is 0 Å². The van der Waals surface area contributed by atoms with E-state index in [1.165, 1.54) is 0 Å². The van der Waals surface area contributed by atoms with Gasteiger partial charge in [-0.15, -0.1) is 0 Å². The van der Waals surface area contributed by atoms with Crippen LogP contribution in [-0.4, -0.2) is 35.0 Å². The topological polar surface area (TPSA) is 70.8 Å². The van der Waals surface area contributed by atoms with Crippen molar-refractivity contribution in [3.8, 4) is 0 Å². The molecule has 1 N–H and O–H groups in total. The maximum absolute atomic E-state index is 12.9. The molecule has 0 saturated carbocycles. The van der Waals surface area contributed by atoms with Gasteiger partial charge in [-0.05, 0) is 44.6 Å². The lowest BCUT2D eigenvalue weighted by Crippen LogP contribution is -2.40. The number of furan rings is 1. The number of nitrogens with zero attached hydrogens (tertiary/aromatic N) is 1. The van der Waals surface area contributed by atoms with Crippen LogP contribution >= 0.6 is 0 Å². The van der Waals surface area contributed by atoms with Gasteiger partial charge >= 0.3 is 5.97 Å². The van der Waals surface area contributed by atoms with Gasteiger partial charge in [0, 0.05) is 30.5 Å². The summed E-state index contributed by atoms with van der Waals surface area (Å²) in [5, 5.41) is 9.83. The number of hydrogen-bond acceptors (Lipinski definition) is 3. The molecule has 24 heavy (non-hydrogen) atoms. The molecule has 2 heterocycles. The van der Waals surface area contributed by atoms with Gasteiger partial charge in [-0.25, -0.2) is 0 Å². The Labute approximate surface area is 141 Å². The number of carbonyl (C=O) groups is 2. The van der Waals surface area contributed by atoms with E-state index in [0.717, 1.165) is 34.9 Å². The number of fused-ring (bicyclic) bond motifs is 1. The largest absolute Gasteiger partial charge is 0.481 e. The van der Waals surface area contributed by atoms with Crippen molar-refractivity contribution >= 4 is 22.8 Å². The van der Waals surface area contributed by atoms with Crippen molar-refractivity contribution in [2.24, 2.45) is 5.92 Å². The number of carboxylic acids is 1. The standard InChI is InChI=1S/C19H23NO4/c1-12-5-3-7-15-13(2)18(24-17(12)15)19(23)20-10-4-6-14(11-20)8-9-16(21)22/h3,5,7,14H,4,6,8-11H2,1-2H3,(H,21,22)/t14-/m1/s1. The Morgan fingerprint density at radius 3 is 2.83 bits per heavy atom. The molecule has 0 aliphatic carbocycles. The molecule has 2 aromatic rings. The minimum absolute atomic E-state index is 0.0804. The van der Waals surface area contributed by atoms with Gasteiger partial charge in [-0.1, -0.05) is 18.2 Å². The summed E-state index contributed by atoms with van der Waals surface area (Å²) in [7, 11) is 0. The second-order valence-electron chi connectivity index (χ2n) is 6.70. The molecule has 1 amide bonds. The summed E-state index contributed by atoms with van der Waals surface area (Å²) in [4.78, 5) is 25.5. The highest BCUT2D eigenvalue weighted by Crippen LogP contribution is 2.30. The Hall–Kier alpha value is -2.30. The lowest BCUT2D eigenvalue weighted by atomic mass is 9.93. The van der Waals surface area contributed by atoms with Gasteiger partial charge in [0.2, 0.25) is 0 Å². The van der Waals surface area contributed by atoms with Gasteiger partial charge in [0.25, 0.3) is 5.91 Å². The molecule has 0 spiro atoms. The smallest absolute Gasteiger partial charge is 0.303 e. The molecule has 1 aromatic carbocycles. The molecule has 1 aliphatic heterocycles. The molecular weight excluding hydrogens is 306 g/mol. The molecule has 5 nitrogen and oxygen atoms in total. The van der Waals surface area contributed by atoms with Crippen LogP contribution in [0.1, 0.15) is 47.4 Å². The van der Waals surface area contributed by atoms with E-state index >= 15 is 0 Å². The molecular formula is C19H23NO4. The zero-order chi connectivity index (χ0) is 17.3. The lowest BCUT2D eigenvalue weighted by molar-refractivity contribution is -0.137. The molecule has 1 saturated heterocycles. The molecule has 3 rings (SSSR count). The minimum Gasteiger partial charge on any atom is -0.481 e. The number of carboxylic acid groups (broad SMARTS) is 1. The van der Waals surface area contributed by atoms with Gasteiger partial charge in [-0.2, -0.15) is 0 Å². The highest BCUT2D eigenvalue weighted by molar-refractivity contribution is 5.99. The summed E-state index contributed by atoms with van der Waals surface area (Å²) < 4.78 is 5.89. The highest BCUT2D eigenvalue weighted by atomic mass is 16.4. The average molecular weight is 329 g/mol. The lowest BCUT2D eigenvalue weighted by Gasteiger charge is -2.32. The van der Waals surface area contributed by atoms with Crippen LogP contribution in [0.4, 0.5) is 0 Å². The summed E-state index contributed by atoms with van der Waals surface area (Å²) in [6.45, 7) is 5.21. The third kappa shape index (κ3) is 3.16. The molecule has 1 fully saturated rings. The Kier molecular flexibility index (Phi) is 4.60. The monoisotopic (exact) mass is 329 g/mol. The third-order valence-corrected chi connectivity index (χ3v) is 4.93. The van der Waals surface area contributed by atoms with Gasteiger partial charge in [-0.3, -0.25) is 9.59 Å². The summed E-state index contributed by atoms with van der Waals surface area (Å²) >= 11 is 0. The van der Waals surface area contributed by atoms with Crippen LogP contribution in [0.15, 0.2) is 22.6 Å². The number of likely N-dealkylation sites (tertiary alicyclic amines) is 1. The van der Waals surface area contributed by atoms with Crippen molar-refractivity contribution < 1.29 is 19.1 Å². The Bertz CT molecular complexity index is 777. The van der Waals surface area contributed by atoms with Gasteiger partial charge < -0.3 is 14.4 Å². The molecule has 1 atom stereocenters. The maximum Gasteiger partial charge on any atom is 0.303 e. The van der Waals surface area contributed by atoms with E-state index < -0.39 is 5.97 Å². The van der Waals surface area contributed by atoms with Crippen LogP contribution in [0, 0.1) is 19.8 Å². The molecule has 128 valence electrons.